The predicted molar refractivity (Wildman–Crippen MR) is 104 cm³/mol. The molecule has 0 saturated carbocycles. The Labute approximate surface area is 150 Å². The minimum Gasteiger partial charge on any atom is -0.391 e. The highest BCUT2D eigenvalue weighted by Crippen LogP contribution is 2.33. The maximum absolute atomic E-state index is 6.57. The average Bonchev–Trinajstić information content (AvgIpc) is 2.89. The van der Waals surface area contributed by atoms with Crippen molar-refractivity contribution in [1.82, 2.24) is 4.57 Å². The lowest BCUT2D eigenvalue weighted by Gasteiger charge is -2.14. The second-order valence-electron chi connectivity index (χ2n) is 7.49. The molecule has 3 nitrogen and oxygen atoms in total. The largest absolute Gasteiger partial charge is 0.463 e. The molecule has 132 valence electrons. The molecule has 0 unspecified atom stereocenters. The number of imidazole rings is 1. The van der Waals surface area contributed by atoms with Gasteiger partial charge in [-0.1, -0.05) is 44.2 Å². The summed E-state index contributed by atoms with van der Waals surface area (Å²) in [5, 5.41) is 0. The molecule has 0 aliphatic rings. The Bertz CT molecular complexity index is 830. The maximum atomic E-state index is 6.57. The highest BCUT2D eigenvalue weighted by Gasteiger charge is 2.31. The number of benzene rings is 2. The van der Waals surface area contributed by atoms with Gasteiger partial charge in [0, 0.05) is 0 Å². The second-order valence-corrected chi connectivity index (χ2v) is 7.49. The Morgan fingerprint density at radius 2 is 1.48 bits per heavy atom. The van der Waals surface area contributed by atoms with Crippen molar-refractivity contribution in [3.8, 4) is 11.8 Å². The van der Waals surface area contributed by atoms with Gasteiger partial charge in [-0.05, 0) is 57.4 Å². The zero-order valence-electron chi connectivity index (χ0n) is 16.2. The van der Waals surface area contributed by atoms with Crippen LogP contribution in [0.2, 0.25) is 0 Å². The Hall–Kier alpha value is -2.29. The summed E-state index contributed by atoms with van der Waals surface area (Å²) in [5.41, 5.74) is 3.66. The fourth-order valence-electron chi connectivity index (χ4n) is 3.44. The van der Waals surface area contributed by atoms with Gasteiger partial charge in [0.1, 0.15) is 5.75 Å². The van der Waals surface area contributed by atoms with E-state index in [1.54, 1.807) is 0 Å². The van der Waals surface area contributed by atoms with E-state index in [0.717, 1.165) is 11.8 Å². The first-order chi connectivity index (χ1) is 11.9. The monoisotopic (exact) mass is 337 g/mol. The van der Waals surface area contributed by atoms with E-state index >= 15 is 0 Å². The molecule has 0 bridgehead atoms. The number of ether oxygens (including phenoxy) is 1. The van der Waals surface area contributed by atoms with Crippen LogP contribution in [0.25, 0.3) is 11.0 Å². The van der Waals surface area contributed by atoms with Crippen LogP contribution in [-0.2, 0) is 0 Å². The molecule has 0 atom stereocenters. The van der Waals surface area contributed by atoms with Gasteiger partial charge in [-0.3, -0.25) is 0 Å². The van der Waals surface area contributed by atoms with Crippen molar-refractivity contribution in [2.75, 3.05) is 0 Å². The van der Waals surface area contributed by atoms with Crippen LogP contribution in [0.1, 0.15) is 65.1 Å². The fourth-order valence-corrected chi connectivity index (χ4v) is 3.44. The van der Waals surface area contributed by atoms with Crippen LogP contribution >= 0.6 is 0 Å². The molecule has 0 spiro atoms. The van der Waals surface area contributed by atoms with Gasteiger partial charge in [0.05, 0.1) is 12.1 Å². The number of hydrogen-bond donors (Lipinski definition) is 0. The zero-order chi connectivity index (χ0) is 18.1. The summed E-state index contributed by atoms with van der Waals surface area (Å²) in [4.78, 5) is 0. The zero-order valence-corrected chi connectivity index (χ0v) is 16.2. The van der Waals surface area contributed by atoms with Crippen molar-refractivity contribution in [2.45, 2.75) is 59.5 Å². The van der Waals surface area contributed by atoms with E-state index in [0.29, 0.717) is 18.0 Å². The molecule has 3 aromatic rings. The minimum atomic E-state index is 0.311. The van der Waals surface area contributed by atoms with Crippen molar-refractivity contribution in [2.24, 2.45) is 0 Å². The Balaban J connectivity index is 2.25. The van der Waals surface area contributed by atoms with E-state index < -0.39 is 0 Å². The highest BCUT2D eigenvalue weighted by molar-refractivity contribution is 5.73. The van der Waals surface area contributed by atoms with Crippen LogP contribution in [-0.4, -0.2) is 4.57 Å². The van der Waals surface area contributed by atoms with Crippen LogP contribution in [0.4, 0.5) is 0 Å². The second kappa shape index (κ2) is 6.91. The minimum absolute atomic E-state index is 0.311. The first kappa shape index (κ1) is 17.5. The quantitative estimate of drug-likeness (QED) is 0.522. The smallest absolute Gasteiger partial charge is 0.391 e. The summed E-state index contributed by atoms with van der Waals surface area (Å²) in [6.45, 7) is 13.2. The topological polar surface area (TPSA) is 18.0 Å². The molecule has 25 heavy (non-hydrogen) atoms. The lowest BCUT2D eigenvalue weighted by molar-refractivity contribution is -0.696. The van der Waals surface area contributed by atoms with Gasteiger partial charge in [0.25, 0.3) is 0 Å². The summed E-state index contributed by atoms with van der Waals surface area (Å²) in [6.07, 6.45) is 0. The van der Waals surface area contributed by atoms with E-state index in [-0.39, 0.29) is 0 Å². The van der Waals surface area contributed by atoms with Crippen LogP contribution in [0, 0.1) is 0 Å². The van der Waals surface area contributed by atoms with Crippen molar-refractivity contribution >= 4 is 11.0 Å². The highest BCUT2D eigenvalue weighted by atomic mass is 16.5. The maximum Gasteiger partial charge on any atom is 0.463 e. The molecule has 1 heterocycles. The average molecular weight is 337 g/mol. The predicted octanol–water partition coefficient (Wildman–Crippen LogP) is 6.01. The molecule has 0 N–H and O–H groups in total. The third kappa shape index (κ3) is 3.15. The molecule has 2 aromatic carbocycles. The lowest BCUT2D eigenvalue weighted by Crippen LogP contribution is -2.37. The molecule has 0 radical (unpaired) electrons. The van der Waals surface area contributed by atoms with Gasteiger partial charge < -0.3 is 4.74 Å². The van der Waals surface area contributed by atoms with Crippen LogP contribution in [0.3, 0.4) is 0 Å². The first-order valence-corrected chi connectivity index (χ1v) is 9.23. The molecule has 0 aliphatic heterocycles. The molecule has 0 saturated heterocycles. The van der Waals surface area contributed by atoms with Gasteiger partial charge >= 0.3 is 6.01 Å². The summed E-state index contributed by atoms with van der Waals surface area (Å²) >= 11 is 0. The van der Waals surface area contributed by atoms with Gasteiger partial charge in [-0.25, -0.2) is 0 Å². The summed E-state index contributed by atoms with van der Waals surface area (Å²) < 4.78 is 11.2. The standard InChI is InChI=1S/C22H29N2O/c1-15(2)18-11-7-10-14-21(18)25-22-23(16(3)4)19-12-8-9-13-20(19)24(22)17(5)6/h7-17H,1-6H3/q+1. The Morgan fingerprint density at radius 1 is 0.840 bits per heavy atom. The molecule has 3 heteroatoms. The number of rotatable bonds is 5. The fraction of sp³-hybridized carbons (Fsp3) is 0.409. The number of aromatic nitrogens is 2. The van der Waals surface area contributed by atoms with E-state index in [9.17, 15) is 0 Å². The third-order valence-corrected chi connectivity index (χ3v) is 4.59. The van der Waals surface area contributed by atoms with E-state index in [2.05, 4.69) is 93.1 Å². The van der Waals surface area contributed by atoms with Gasteiger partial charge in [0.2, 0.25) is 0 Å². The van der Waals surface area contributed by atoms with Crippen molar-refractivity contribution < 1.29 is 9.30 Å². The van der Waals surface area contributed by atoms with Crippen molar-refractivity contribution in [1.29, 1.82) is 0 Å². The van der Waals surface area contributed by atoms with Crippen molar-refractivity contribution in [3.05, 3.63) is 54.1 Å². The van der Waals surface area contributed by atoms with E-state index in [4.69, 9.17) is 4.74 Å². The van der Waals surface area contributed by atoms with Crippen LogP contribution in [0.15, 0.2) is 48.5 Å². The molecule has 0 fully saturated rings. The van der Waals surface area contributed by atoms with E-state index in [1.165, 1.54) is 16.6 Å². The van der Waals surface area contributed by atoms with Crippen molar-refractivity contribution in [3.63, 3.8) is 0 Å². The molecule has 3 rings (SSSR count). The molecular weight excluding hydrogens is 308 g/mol. The normalized spacial score (nSPS) is 11.9. The number of fused-ring (bicyclic) bond motifs is 1. The van der Waals surface area contributed by atoms with E-state index in [1.807, 2.05) is 6.07 Å². The van der Waals surface area contributed by atoms with Crippen LogP contribution in [0.5, 0.6) is 11.8 Å². The molecular formula is C22H29N2O+. The summed E-state index contributed by atoms with van der Waals surface area (Å²) in [6, 6.07) is 18.4. The third-order valence-electron chi connectivity index (χ3n) is 4.59. The van der Waals surface area contributed by atoms with Crippen LogP contribution < -0.4 is 9.30 Å². The Kier molecular flexibility index (Phi) is 4.85. The van der Waals surface area contributed by atoms with Gasteiger partial charge in [0.15, 0.2) is 11.0 Å². The molecule has 1 aromatic heterocycles. The molecule has 0 amide bonds. The first-order valence-electron chi connectivity index (χ1n) is 9.23. The van der Waals surface area contributed by atoms with Gasteiger partial charge in [-0.15, -0.1) is 0 Å². The number of hydrogen-bond acceptors (Lipinski definition) is 1. The summed E-state index contributed by atoms with van der Waals surface area (Å²) in [7, 11) is 0. The van der Waals surface area contributed by atoms with Gasteiger partial charge in [-0.2, -0.15) is 9.13 Å². The number of nitrogens with zero attached hydrogens (tertiary/aromatic N) is 2. The number of para-hydroxylation sites is 3. The summed E-state index contributed by atoms with van der Waals surface area (Å²) in [5.74, 6) is 1.36. The lowest BCUT2D eigenvalue weighted by atomic mass is 10.0. The Morgan fingerprint density at radius 3 is 2.12 bits per heavy atom. The SMILES string of the molecule is CC(C)c1ccccc1Oc1n(C(C)C)c2ccccc2[n+]1C(C)C. The molecule has 0 aliphatic carbocycles.